The molecule has 0 unspecified atom stereocenters. The van der Waals surface area contributed by atoms with Crippen molar-refractivity contribution in [3.63, 3.8) is 0 Å². The first-order valence-corrected chi connectivity index (χ1v) is 6.68. The lowest BCUT2D eigenvalue weighted by Gasteiger charge is -2.04. The third-order valence-electron chi connectivity index (χ3n) is 2.95. The molecule has 3 rings (SSSR count). The van der Waals surface area contributed by atoms with Gasteiger partial charge in [0.1, 0.15) is 17.0 Å². The normalized spacial score (nSPS) is 10.6. The average molecular weight is 283 g/mol. The first-order chi connectivity index (χ1) is 9.72. The molecule has 0 aliphatic heterocycles. The van der Waals surface area contributed by atoms with Crippen molar-refractivity contribution in [3.05, 3.63) is 47.5 Å². The van der Waals surface area contributed by atoms with Crippen molar-refractivity contribution in [3.8, 4) is 16.3 Å². The molecule has 0 atom stereocenters. The number of phenols is 1. The summed E-state index contributed by atoms with van der Waals surface area (Å²) in [6.45, 7) is 0. The summed E-state index contributed by atoms with van der Waals surface area (Å²) in [6, 6.07) is 10.5. The van der Waals surface area contributed by atoms with E-state index in [1.54, 1.807) is 0 Å². The number of benzene rings is 2. The number of nitrogens with zero attached hydrogens (tertiary/aromatic N) is 1. The van der Waals surface area contributed by atoms with E-state index >= 15 is 0 Å². The van der Waals surface area contributed by atoms with Gasteiger partial charge >= 0.3 is 0 Å². The summed E-state index contributed by atoms with van der Waals surface area (Å²) < 4.78 is 0.978. The van der Waals surface area contributed by atoms with E-state index in [1.165, 1.54) is 23.5 Å². The van der Waals surface area contributed by atoms with Crippen LogP contribution in [0, 0.1) is 0 Å². The SMILES string of the molecule is O=Cc1cc(C=O)c(O)c(-c2nc3ccccc3s2)c1. The summed E-state index contributed by atoms with van der Waals surface area (Å²) in [5, 5.41) is 10.7. The van der Waals surface area contributed by atoms with E-state index in [4.69, 9.17) is 0 Å². The van der Waals surface area contributed by atoms with Gasteiger partial charge in [-0.15, -0.1) is 11.3 Å². The molecule has 98 valence electrons. The minimum atomic E-state index is -0.148. The minimum absolute atomic E-state index is 0.0869. The molecule has 0 saturated carbocycles. The summed E-state index contributed by atoms with van der Waals surface area (Å²) in [5.74, 6) is -0.148. The highest BCUT2D eigenvalue weighted by atomic mass is 32.1. The average Bonchev–Trinajstić information content (AvgIpc) is 2.91. The van der Waals surface area contributed by atoms with Gasteiger partial charge in [0.2, 0.25) is 0 Å². The Morgan fingerprint density at radius 1 is 1.10 bits per heavy atom. The number of aromatic nitrogens is 1. The molecule has 0 radical (unpaired) electrons. The van der Waals surface area contributed by atoms with Crippen molar-refractivity contribution in [2.24, 2.45) is 0 Å². The number of hydrogen-bond acceptors (Lipinski definition) is 5. The van der Waals surface area contributed by atoms with E-state index in [-0.39, 0.29) is 11.3 Å². The maximum atomic E-state index is 11.0. The van der Waals surface area contributed by atoms with Crippen LogP contribution in [-0.4, -0.2) is 22.7 Å². The van der Waals surface area contributed by atoms with Crippen LogP contribution in [0.15, 0.2) is 36.4 Å². The van der Waals surface area contributed by atoms with Gasteiger partial charge in [0.15, 0.2) is 6.29 Å². The number of rotatable bonds is 3. The number of carbonyl (C=O) groups is 2. The second kappa shape index (κ2) is 4.86. The molecule has 0 spiro atoms. The standard InChI is InChI=1S/C15H9NO3S/c17-7-9-5-10(8-18)14(19)11(6-9)15-16-12-3-1-2-4-13(12)20-15/h1-8,19H. The van der Waals surface area contributed by atoms with Gasteiger partial charge in [-0.2, -0.15) is 0 Å². The molecule has 0 aliphatic carbocycles. The second-order valence-corrected chi connectivity index (χ2v) is 5.26. The lowest BCUT2D eigenvalue weighted by atomic mass is 10.1. The van der Waals surface area contributed by atoms with Crippen LogP contribution in [0.3, 0.4) is 0 Å². The zero-order valence-electron chi connectivity index (χ0n) is 10.2. The molecule has 0 saturated heterocycles. The molecule has 0 fully saturated rings. The van der Waals surface area contributed by atoms with Crippen LogP contribution in [0.5, 0.6) is 5.75 Å². The smallest absolute Gasteiger partial charge is 0.153 e. The fourth-order valence-electron chi connectivity index (χ4n) is 1.99. The lowest BCUT2D eigenvalue weighted by Crippen LogP contribution is -1.90. The van der Waals surface area contributed by atoms with Crippen LogP contribution in [0.2, 0.25) is 0 Å². The molecule has 1 N–H and O–H groups in total. The van der Waals surface area contributed by atoms with Crippen LogP contribution in [0.25, 0.3) is 20.8 Å². The first-order valence-electron chi connectivity index (χ1n) is 5.86. The molecule has 3 aromatic rings. The van der Waals surface area contributed by atoms with Gasteiger partial charge in [0, 0.05) is 5.56 Å². The number of phenolic OH excluding ortho intramolecular Hbond substituents is 1. The molecule has 4 nitrogen and oxygen atoms in total. The third-order valence-corrected chi connectivity index (χ3v) is 4.02. The Morgan fingerprint density at radius 2 is 1.90 bits per heavy atom. The van der Waals surface area contributed by atoms with Crippen LogP contribution >= 0.6 is 11.3 Å². The zero-order valence-corrected chi connectivity index (χ0v) is 11.1. The highest BCUT2D eigenvalue weighted by molar-refractivity contribution is 7.21. The molecule has 1 heterocycles. The summed E-state index contributed by atoms with van der Waals surface area (Å²) in [6.07, 6.45) is 1.17. The van der Waals surface area contributed by atoms with Gasteiger partial charge in [0.25, 0.3) is 0 Å². The maximum Gasteiger partial charge on any atom is 0.153 e. The quantitative estimate of drug-likeness (QED) is 0.749. The molecule has 0 amide bonds. The Balaban J connectivity index is 2.27. The Bertz CT molecular complexity index is 790. The highest BCUT2D eigenvalue weighted by Crippen LogP contribution is 2.37. The van der Waals surface area contributed by atoms with Crippen molar-refractivity contribution < 1.29 is 14.7 Å². The molecule has 0 aliphatic rings. The third kappa shape index (κ3) is 1.98. The summed E-state index contributed by atoms with van der Waals surface area (Å²) in [5.41, 5.74) is 1.64. The van der Waals surface area contributed by atoms with Crippen LogP contribution in [0.4, 0.5) is 0 Å². The predicted molar refractivity (Wildman–Crippen MR) is 77.5 cm³/mol. The molecular weight excluding hydrogens is 274 g/mol. The fourth-order valence-corrected chi connectivity index (χ4v) is 2.97. The number of para-hydroxylation sites is 1. The number of aromatic hydroxyl groups is 1. The van der Waals surface area contributed by atoms with Gasteiger partial charge in [-0.3, -0.25) is 9.59 Å². The molecule has 0 bridgehead atoms. The van der Waals surface area contributed by atoms with Gasteiger partial charge in [-0.1, -0.05) is 12.1 Å². The summed E-state index contributed by atoms with van der Waals surface area (Å²) in [7, 11) is 0. The Hall–Kier alpha value is -2.53. The minimum Gasteiger partial charge on any atom is -0.506 e. The van der Waals surface area contributed by atoms with Crippen molar-refractivity contribution in [1.29, 1.82) is 0 Å². The monoisotopic (exact) mass is 283 g/mol. The van der Waals surface area contributed by atoms with E-state index in [0.29, 0.717) is 28.7 Å². The largest absolute Gasteiger partial charge is 0.506 e. The number of aldehydes is 2. The fraction of sp³-hybridized carbons (Fsp3) is 0. The Kier molecular flexibility index (Phi) is 3.04. The maximum absolute atomic E-state index is 11.0. The summed E-state index contributed by atoms with van der Waals surface area (Å²) in [4.78, 5) is 26.3. The van der Waals surface area contributed by atoms with Crippen molar-refractivity contribution >= 4 is 34.1 Å². The molecule has 20 heavy (non-hydrogen) atoms. The topological polar surface area (TPSA) is 67.3 Å². The van der Waals surface area contributed by atoms with Gasteiger partial charge in [-0.05, 0) is 24.3 Å². The van der Waals surface area contributed by atoms with E-state index in [1.807, 2.05) is 24.3 Å². The van der Waals surface area contributed by atoms with E-state index in [9.17, 15) is 14.7 Å². The second-order valence-electron chi connectivity index (χ2n) is 4.23. The van der Waals surface area contributed by atoms with Crippen molar-refractivity contribution in [2.45, 2.75) is 0 Å². The van der Waals surface area contributed by atoms with E-state index < -0.39 is 0 Å². The van der Waals surface area contributed by atoms with E-state index in [0.717, 1.165) is 10.2 Å². The number of hydrogen-bond donors (Lipinski definition) is 1. The molecular formula is C15H9NO3S. The van der Waals surface area contributed by atoms with E-state index in [2.05, 4.69) is 4.98 Å². The van der Waals surface area contributed by atoms with Gasteiger partial charge in [-0.25, -0.2) is 4.98 Å². The Morgan fingerprint density at radius 3 is 2.60 bits per heavy atom. The Labute approximate surface area is 118 Å². The van der Waals surface area contributed by atoms with Crippen LogP contribution in [-0.2, 0) is 0 Å². The molecule has 5 heteroatoms. The van der Waals surface area contributed by atoms with Crippen LogP contribution in [0.1, 0.15) is 20.7 Å². The van der Waals surface area contributed by atoms with Crippen molar-refractivity contribution in [2.75, 3.05) is 0 Å². The van der Waals surface area contributed by atoms with Gasteiger partial charge < -0.3 is 5.11 Å². The summed E-state index contributed by atoms with van der Waals surface area (Å²) >= 11 is 1.40. The number of carbonyl (C=O) groups excluding carboxylic acids is 2. The molecule has 1 aromatic heterocycles. The zero-order chi connectivity index (χ0) is 14.1. The molecule has 2 aromatic carbocycles. The number of thiazole rings is 1. The predicted octanol–water partition coefficient (Wildman–Crippen LogP) is 3.29. The van der Waals surface area contributed by atoms with Crippen molar-refractivity contribution in [1.82, 2.24) is 4.98 Å². The lowest BCUT2D eigenvalue weighted by molar-refractivity contribution is 0.112. The number of fused-ring (bicyclic) bond motifs is 1. The highest BCUT2D eigenvalue weighted by Gasteiger charge is 2.15. The first kappa shape index (κ1) is 12.5. The van der Waals surface area contributed by atoms with Gasteiger partial charge in [0.05, 0.1) is 21.3 Å². The van der Waals surface area contributed by atoms with Crippen LogP contribution < -0.4 is 0 Å².